The second kappa shape index (κ2) is 13.4. The van der Waals surface area contributed by atoms with Crippen molar-refractivity contribution < 1.29 is 28.9 Å². The molecule has 1 N–H and O–H groups in total. The lowest BCUT2D eigenvalue weighted by atomic mass is 10.1. The normalized spacial score (nSPS) is 11.5. The molecule has 0 saturated heterocycles. The Kier molecular flexibility index (Phi) is 9.01. The number of hydrogen-bond donors (Lipinski definition) is 1. The molecule has 0 fully saturated rings. The van der Waals surface area contributed by atoms with Crippen molar-refractivity contribution in [1.82, 2.24) is 24.7 Å². The summed E-state index contributed by atoms with van der Waals surface area (Å²) < 4.78 is 18.7. The van der Waals surface area contributed by atoms with Gasteiger partial charge in [0, 0.05) is 24.4 Å². The average Bonchev–Trinajstić information content (AvgIpc) is 3.54. The molecule has 0 aliphatic carbocycles. The van der Waals surface area contributed by atoms with Gasteiger partial charge in [0.2, 0.25) is 0 Å². The fourth-order valence-electron chi connectivity index (χ4n) is 4.64. The molecule has 4 aromatic heterocycles. The van der Waals surface area contributed by atoms with Crippen LogP contribution in [0.25, 0.3) is 11.4 Å². The molecule has 0 amide bonds. The molecule has 1 atom stereocenters. The van der Waals surface area contributed by atoms with E-state index in [0.29, 0.717) is 35.4 Å². The van der Waals surface area contributed by atoms with Gasteiger partial charge in [-0.2, -0.15) is 5.10 Å². The van der Waals surface area contributed by atoms with Crippen molar-refractivity contribution in [3.63, 3.8) is 0 Å². The number of aromatic nitrogens is 5. The zero-order valence-corrected chi connectivity index (χ0v) is 23.6. The number of hydrogen-bond acceptors (Lipinski definition) is 10. The average molecular weight is 580 g/mol. The van der Waals surface area contributed by atoms with Crippen LogP contribution in [0.1, 0.15) is 50.5 Å². The molecule has 43 heavy (non-hydrogen) atoms. The van der Waals surface area contributed by atoms with Crippen molar-refractivity contribution in [3.8, 4) is 34.4 Å². The molecular formula is C32H29N5O6. The minimum atomic E-state index is -0.279. The largest absolute Gasteiger partial charge is 0.505 e. The van der Waals surface area contributed by atoms with Crippen LogP contribution in [0.15, 0.2) is 79.5 Å². The Morgan fingerprint density at radius 1 is 0.860 bits per heavy atom. The highest BCUT2D eigenvalue weighted by Crippen LogP contribution is 2.33. The summed E-state index contributed by atoms with van der Waals surface area (Å²) in [5.41, 5.74) is 3.65. The molecule has 0 aliphatic rings. The van der Waals surface area contributed by atoms with Gasteiger partial charge in [-0.05, 0) is 24.6 Å². The first-order chi connectivity index (χ1) is 21.0. The number of carbonyl (C=O) groups is 2. The second-order valence-corrected chi connectivity index (χ2v) is 9.61. The molecule has 4 heterocycles. The summed E-state index contributed by atoms with van der Waals surface area (Å²) in [5.74, 6) is 0.575. The SMILES string of the molecule is COc1cncc(OCc2cccnc2-c2ccnn2C(C)Cc2ncc(OCc3ccccc3)c(C=O)c2O)c1C=O. The van der Waals surface area contributed by atoms with Crippen molar-refractivity contribution in [1.29, 1.82) is 0 Å². The van der Waals surface area contributed by atoms with Crippen LogP contribution in [0.3, 0.4) is 0 Å². The van der Waals surface area contributed by atoms with Gasteiger partial charge in [0.25, 0.3) is 0 Å². The predicted octanol–water partition coefficient (Wildman–Crippen LogP) is 5.04. The molecule has 0 aliphatic heterocycles. The summed E-state index contributed by atoms with van der Waals surface area (Å²) in [6.07, 6.45) is 9.19. The molecule has 5 rings (SSSR count). The second-order valence-electron chi connectivity index (χ2n) is 9.61. The van der Waals surface area contributed by atoms with E-state index in [-0.39, 0.29) is 54.1 Å². The van der Waals surface area contributed by atoms with Gasteiger partial charge in [0.1, 0.15) is 24.3 Å². The molecule has 218 valence electrons. The molecule has 1 unspecified atom stereocenters. The fraction of sp³-hybridized carbons (Fsp3) is 0.188. The summed E-state index contributed by atoms with van der Waals surface area (Å²) in [4.78, 5) is 36.6. The Morgan fingerprint density at radius 2 is 1.60 bits per heavy atom. The van der Waals surface area contributed by atoms with E-state index in [2.05, 4.69) is 20.1 Å². The number of rotatable bonds is 13. The summed E-state index contributed by atoms with van der Waals surface area (Å²) in [5, 5.41) is 15.4. The van der Waals surface area contributed by atoms with E-state index in [1.807, 2.05) is 49.4 Å². The smallest absolute Gasteiger partial charge is 0.157 e. The Balaban J connectivity index is 1.35. The van der Waals surface area contributed by atoms with Crippen LogP contribution in [0.4, 0.5) is 0 Å². The van der Waals surface area contributed by atoms with Crippen LogP contribution in [0, 0.1) is 0 Å². The van der Waals surface area contributed by atoms with Crippen LogP contribution in [0.2, 0.25) is 0 Å². The standard InChI is InChI=1S/C32H29N5O6/c1-21(13-26-32(40)25(18-39)30(16-35-26)42-19-22-7-4-3-5-8-22)37-27(10-12-36-37)31-23(9-6-11-34-31)20-43-29-15-33-14-28(41-2)24(29)17-38/h3-12,14-18,21,40H,13,19-20H2,1-2H3. The molecular weight excluding hydrogens is 550 g/mol. The molecule has 5 aromatic rings. The van der Waals surface area contributed by atoms with Crippen molar-refractivity contribution in [2.24, 2.45) is 0 Å². The third kappa shape index (κ3) is 6.35. The lowest BCUT2D eigenvalue weighted by molar-refractivity contribution is 0.110. The number of ether oxygens (including phenoxy) is 3. The van der Waals surface area contributed by atoms with Crippen LogP contribution < -0.4 is 14.2 Å². The maximum Gasteiger partial charge on any atom is 0.157 e. The molecule has 0 bridgehead atoms. The number of aromatic hydroxyl groups is 1. The summed E-state index contributed by atoms with van der Waals surface area (Å²) in [6.45, 7) is 2.26. The monoisotopic (exact) mass is 579 g/mol. The van der Waals surface area contributed by atoms with Gasteiger partial charge in [-0.15, -0.1) is 0 Å². The van der Waals surface area contributed by atoms with E-state index < -0.39 is 0 Å². The Hall–Kier alpha value is -5.58. The van der Waals surface area contributed by atoms with Crippen molar-refractivity contribution in [3.05, 3.63) is 107 Å². The lowest BCUT2D eigenvalue weighted by Gasteiger charge is -2.18. The fourth-order valence-corrected chi connectivity index (χ4v) is 4.64. The number of methoxy groups -OCH3 is 1. The Morgan fingerprint density at radius 3 is 2.37 bits per heavy atom. The van der Waals surface area contributed by atoms with Crippen LogP contribution in [-0.4, -0.2) is 49.5 Å². The highest BCUT2D eigenvalue weighted by atomic mass is 16.5. The van der Waals surface area contributed by atoms with Gasteiger partial charge in [-0.25, -0.2) is 0 Å². The molecule has 0 saturated carbocycles. The van der Waals surface area contributed by atoms with Gasteiger partial charge < -0.3 is 19.3 Å². The first-order valence-corrected chi connectivity index (χ1v) is 13.4. The van der Waals surface area contributed by atoms with E-state index in [0.717, 1.165) is 11.1 Å². The zero-order chi connectivity index (χ0) is 30.2. The van der Waals surface area contributed by atoms with Crippen molar-refractivity contribution in [2.75, 3.05) is 7.11 Å². The molecule has 0 radical (unpaired) electrons. The van der Waals surface area contributed by atoms with E-state index in [1.165, 1.54) is 25.7 Å². The van der Waals surface area contributed by atoms with E-state index in [4.69, 9.17) is 14.2 Å². The highest BCUT2D eigenvalue weighted by Gasteiger charge is 2.21. The maximum atomic E-state index is 11.9. The van der Waals surface area contributed by atoms with E-state index in [9.17, 15) is 14.7 Å². The number of carbonyl (C=O) groups excluding carboxylic acids is 2. The number of pyridine rings is 3. The minimum absolute atomic E-state index is 0.0414. The minimum Gasteiger partial charge on any atom is -0.505 e. The summed E-state index contributed by atoms with van der Waals surface area (Å²) in [7, 11) is 1.46. The van der Waals surface area contributed by atoms with Crippen LogP contribution in [-0.2, 0) is 19.6 Å². The van der Waals surface area contributed by atoms with Crippen molar-refractivity contribution >= 4 is 12.6 Å². The summed E-state index contributed by atoms with van der Waals surface area (Å²) in [6, 6.07) is 14.7. The highest BCUT2D eigenvalue weighted by molar-refractivity contribution is 5.84. The zero-order valence-electron chi connectivity index (χ0n) is 23.6. The van der Waals surface area contributed by atoms with Gasteiger partial charge in [0.05, 0.1) is 48.8 Å². The molecule has 11 heteroatoms. The topological polar surface area (TPSA) is 139 Å². The van der Waals surface area contributed by atoms with Gasteiger partial charge in [0.15, 0.2) is 35.6 Å². The molecule has 11 nitrogen and oxygen atoms in total. The molecule has 1 aromatic carbocycles. The van der Waals surface area contributed by atoms with Crippen molar-refractivity contribution in [2.45, 2.75) is 32.6 Å². The van der Waals surface area contributed by atoms with Crippen LogP contribution >= 0.6 is 0 Å². The first-order valence-electron chi connectivity index (χ1n) is 13.4. The van der Waals surface area contributed by atoms with Gasteiger partial charge in [-0.1, -0.05) is 36.4 Å². The van der Waals surface area contributed by atoms with Gasteiger partial charge in [-0.3, -0.25) is 29.2 Å². The Bertz CT molecular complexity index is 1720. The quantitative estimate of drug-likeness (QED) is 0.189. The predicted molar refractivity (Wildman–Crippen MR) is 156 cm³/mol. The third-order valence-electron chi connectivity index (χ3n) is 6.83. The summed E-state index contributed by atoms with van der Waals surface area (Å²) >= 11 is 0. The Labute approximate surface area is 247 Å². The van der Waals surface area contributed by atoms with Gasteiger partial charge >= 0.3 is 0 Å². The third-order valence-corrected chi connectivity index (χ3v) is 6.83. The molecule has 0 spiro atoms. The maximum absolute atomic E-state index is 11.9. The number of nitrogens with zero attached hydrogens (tertiary/aromatic N) is 5. The van der Waals surface area contributed by atoms with E-state index >= 15 is 0 Å². The van der Waals surface area contributed by atoms with E-state index in [1.54, 1.807) is 23.1 Å². The number of benzene rings is 1. The number of aldehydes is 2. The lowest BCUT2D eigenvalue weighted by Crippen LogP contribution is -2.14. The first kappa shape index (κ1) is 28.9. The van der Waals surface area contributed by atoms with Crippen LogP contribution in [0.5, 0.6) is 23.0 Å².